The monoisotopic (exact) mass is 385 g/mol. The van der Waals surface area contributed by atoms with Gasteiger partial charge in [0.25, 0.3) is 0 Å². The first kappa shape index (κ1) is 17.9. The molecule has 1 N–H and O–H groups in total. The van der Waals surface area contributed by atoms with Crippen LogP contribution in [0.25, 0.3) is 11.0 Å². The average molecular weight is 386 g/mol. The van der Waals surface area contributed by atoms with Gasteiger partial charge in [-0.2, -0.15) is 0 Å². The Balaban J connectivity index is 1.27. The fourth-order valence-electron chi connectivity index (χ4n) is 3.30. The van der Waals surface area contributed by atoms with E-state index in [-0.39, 0.29) is 5.91 Å². The summed E-state index contributed by atoms with van der Waals surface area (Å²) in [5, 5.41) is 11.3. The van der Waals surface area contributed by atoms with E-state index >= 15 is 0 Å². The highest BCUT2D eigenvalue weighted by Gasteiger charge is 2.19. The van der Waals surface area contributed by atoms with Crippen LogP contribution >= 0.6 is 11.6 Å². The summed E-state index contributed by atoms with van der Waals surface area (Å²) < 4.78 is 4.73. The molecule has 1 saturated heterocycles. The number of benzene rings is 2. The van der Waals surface area contributed by atoms with Crippen LogP contribution in [0.3, 0.4) is 0 Å². The van der Waals surface area contributed by atoms with Gasteiger partial charge in [-0.1, -0.05) is 29.8 Å². The van der Waals surface area contributed by atoms with Gasteiger partial charge < -0.3 is 5.32 Å². The smallest absolute Gasteiger partial charge is 0.238 e. The molecule has 0 spiro atoms. The number of carbonyl (C=O) groups is 1. The van der Waals surface area contributed by atoms with Crippen LogP contribution in [0.4, 0.5) is 5.69 Å². The second-order valence-corrected chi connectivity index (χ2v) is 7.10. The van der Waals surface area contributed by atoms with Gasteiger partial charge in [0.2, 0.25) is 5.91 Å². The summed E-state index contributed by atoms with van der Waals surface area (Å²) in [6.45, 7) is 4.77. The minimum atomic E-state index is -0.0613. The minimum Gasteiger partial charge on any atom is -0.323 e. The maximum absolute atomic E-state index is 12.4. The van der Waals surface area contributed by atoms with Crippen LogP contribution in [0.15, 0.2) is 47.1 Å². The second-order valence-electron chi connectivity index (χ2n) is 6.67. The predicted molar refractivity (Wildman–Crippen MR) is 104 cm³/mol. The van der Waals surface area contributed by atoms with Crippen molar-refractivity contribution in [2.45, 2.75) is 6.54 Å². The number of hydrogen-bond donors (Lipinski definition) is 1. The average Bonchev–Trinajstić information content (AvgIpc) is 3.13. The van der Waals surface area contributed by atoms with Crippen LogP contribution in [0.5, 0.6) is 0 Å². The number of halogens is 1. The van der Waals surface area contributed by atoms with Gasteiger partial charge in [0.15, 0.2) is 5.52 Å². The van der Waals surface area contributed by atoms with E-state index in [1.807, 2.05) is 24.3 Å². The maximum Gasteiger partial charge on any atom is 0.238 e. The summed E-state index contributed by atoms with van der Waals surface area (Å²) in [6, 6.07) is 13.4. The van der Waals surface area contributed by atoms with Crippen LogP contribution in [0, 0.1) is 0 Å². The van der Waals surface area contributed by atoms with E-state index in [1.165, 1.54) is 5.56 Å². The van der Waals surface area contributed by atoms with E-state index in [4.69, 9.17) is 16.2 Å². The molecule has 27 heavy (non-hydrogen) atoms. The molecule has 0 unspecified atom stereocenters. The van der Waals surface area contributed by atoms with Gasteiger partial charge in [-0.05, 0) is 40.1 Å². The molecule has 7 nitrogen and oxygen atoms in total. The fraction of sp³-hybridized carbons (Fsp3) is 0.316. The third-order valence-electron chi connectivity index (χ3n) is 4.69. The number of rotatable bonds is 5. The van der Waals surface area contributed by atoms with E-state index < -0.39 is 0 Å². The zero-order valence-corrected chi connectivity index (χ0v) is 15.5. The number of anilines is 1. The van der Waals surface area contributed by atoms with Crippen molar-refractivity contribution < 1.29 is 9.42 Å². The fourth-order valence-corrected chi connectivity index (χ4v) is 3.51. The summed E-state index contributed by atoms with van der Waals surface area (Å²) in [6.07, 6.45) is 0. The quantitative estimate of drug-likeness (QED) is 0.727. The van der Waals surface area contributed by atoms with Crippen LogP contribution in [-0.4, -0.2) is 58.7 Å². The lowest BCUT2D eigenvalue weighted by Crippen LogP contribution is -2.48. The van der Waals surface area contributed by atoms with E-state index in [0.29, 0.717) is 23.3 Å². The van der Waals surface area contributed by atoms with Gasteiger partial charge in [-0.15, -0.1) is 0 Å². The molecular formula is C19H20ClN5O2. The lowest BCUT2D eigenvalue weighted by Gasteiger charge is -2.34. The van der Waals surface area contributed by atoms with Crippen LogP contribution in [0.2, 0.25) is 5.02 Å². The number of aromatic nitrogens is 2. The number of piperazine rings is 1. The Morgan fingerprint density at radius 2 is 1.85 bits per heavy atom. The molecule has 8 heteroatoms. The molecule has 140 valence electrons. The minimum absolute atomic E-state index is 0.0613. The standard InChI is InChI=1S/C19H20ClN5O2/c20-15-4-1-3-14(11-15)12-24-7-9-25(10-8-24)13-18(26)21-16-5-2-6-17-19(16)23-27-22-17/h1-6,11H,7-10,12-13H2,(H,21,26). The Hall–Kier alpha value is -2.48. The molecule has 1 amide bonds. The highest BCUT2D eigenvalue weighted by molar-refractivity contribution is 6.30. The Morgan fingerprint density at radius 1 is 1.07 bits per heavy atom. The van der Waals surface area contributed by atoms with Crippen molar-refractivity contribution in [1.82, 2.24) is 20.1 Å². The number of carbonyl (C=O) groups excluding carboxylic acids is 1. The molecule has 1 fully saturated rings. The van der Waals surface area contributed by atoms with Crippen LogP contribution < -0.4 is 5.32 Å². The number of nitrogens with zero attached hydrogens (tertiary/aromatic N) is 4. The van der Waals surface area contributed by atoms with Gasteiger partial charge in [0.05, 0.1) is 12.2 Å². The summed E-state index contributed by atoms with van der Waals surface area (Å²) >= 11 is 6.05. The van der Waals surface area contributed by atoms with Crippen molar-refractivity contribution >= 4 is 34.2 Å². The van der Waals surface area contributed by atoms with Crippen molar-refractivity contribution in [3.8, 4) is 0 Å². The molecule has 0 aliphatic carbocycles. The zero-order chi connectivity index (χ0) is 18.6. The van der Waals surface area contributed by atoms with Crippen molar-refractivity contribution in [3.05, 3.63) is 53.1 Å². The zero-order valence-electron chi connectivity index (χ0n) is 14.8. The van der Waals surface area contributed by atoms with E-state index in [1.54, 1.807) is 12.1 Å². The molecule has 0 radical (unpaired) electrons. The molecule has 0 atom stereocenters. The Labute approximate surface area is 161 Å². The molecule has 3 aromatic rings. The first-order chi connectivity index (χ1) is 13.2. The van der Waals surface area contributed by atoms with E-state index in [2.05, 4.69) is 31.5 Å². The molecule has 2 aromatic carbocycles. The molecule has 2 heterocycles. The number of fused-ring (bicyclic) bond motifs is 1. The van der Waals surface area contributed by atoms with Crippen LogP contribution in [-0.2, 0) is 11.3 Å². The van der Waals surface area contributed by atoms with Crippen molar-refractivity contribution in [1.29, 1.82) is 0 Å². The summed E-state index contributed by atoms with van der Waals surface area (Å²) in [7, 11) is 0. The SMILES string of the molecule is O=C(CN1CCN(Cc2cccc(Cl)c2)CC1)Nc1cccc2nonc12. The van der Waals surface area contributed by atoms with E-state index in [9.17, 15) is 4.79 Å². The first-order valence-electron chi connectivity index (χ1n) is 8.88. The van der Waals surface area contributed by atoms with Crippen LogP contribution in [0.1, 0.15) is 5.56 Å². The Morgan fingerprint density at radius 3 is 2.67 bits per heavy atom. The van der Waals surface area contributed by atoms with Crippen molar-refractivity contribution in [2.75, 3.05) is 38.0 Å². The van der Waals surface area contributed by atoms with Gasteiger partial charge in [0, 0.05) is 37.7 Å². The second kappa shape index (κ2) is 8.04. The Bertz CT molecular complexity index is 937. The van der Waals surface area contributed by atoms with Gasteiger partial charge >= 0.3 is 0 Å². The molecule has 0 saturated carbocycles. The number of nitrogens with one attached hydrogen (secondary N) is 1. The topological polar surface area (TPSA) is 74.5 Å². The maximum atomic E-state index is 12.4. The van der Waals surface area contributed by atoms with Gasteiger partial charge in [0.1, 0.15) is 5.52 Å². The van der Waals surface area contributed by atoms with E-state index in [0.717, 1.165) is 37.7 Å². The first-order valence-corrected chi connectivity index (χ1v) is 9.25. The van der Waals surface area contributed by atoms with Gasteiger partial charge in [-0.3, -0.25) is 14.6 Å². The lowest BCUT2D eigenvalue weighted by atomic mass is 10.2. The summed E-state index contributed by atoms with van der Waals surface area (Å²) in [5.74, 6) is -0.0613. The molecular weight excluding hydrogens is 366 g/mol. The number of hydrogen-bond acceptors (Lipinski definition) is 6. The summed E-state index contributed by atoms with van der Waals surface area (Å²) in [5.41, 5.74) is 3.03. The molecule has 1 aliphatic rings. The number of amides is 1. The molecule has 0 bridgehead atoms. The van der Waals surface area contributed by atoms with Crippen molar-refractivity contribution in [3.63, 3.8) is 0 Å². The normalized spacial score (nSPS) is 15.9. The van der Waals surface area contributed by atoms with Gasteiger partial charge in [-0.25, -0.2) is 4.63 Å². The molecule has 4 rings (SSSR count). The Kier molecular flexibility index (Phi) is 5.33. The molecule has 1 aromatic heterocycles. The third kappa shape index (κ3) is 4.44. The van der Waals surface area contributed by atoms with Crippen molar-refractivity contribution in [2.24, 2.45) is 0 Å². The lowest BCUT2D eigenvalue weighted by molar-refractivity contribution is -0.117. The molecule has 1 aliphatic heterocycles. The highest BCUT2D eigenvalue weighted by atomic mass is 35.5. The largest absolute Gasteiger partial charge is 0.323 e. The third-order valence-corrected chi connectivity index (χ3v) is 4.92. The summed E-state index contributed by atoms with van der Waals surface area (Å²) in [4.78, 5) is 16.9. The highest BCUT2D eigenvalue weighted by Crippen LogP contribution is 2.19. The predicted octanol–water partition coefficient (Wildman–Crippen LogP) is 2.63.